The lowest BCUT2D eigenvalue weighted by atomic mass is 10.3. The Balaban J connectivity index is 1.94. The first-order valence-electron chi connectivity index (χ1n) is 5.40. The molecule has 16 heavy (non-hydrogen) atoms. The fraction of sp³-hybridized carbons (Fsp3) is 0.667. The molecule has 1 aliphatic heterocycles. The Labute approximate surface area is 102 Å². The third-order valence-corrected chi connectivity index (χ3v) is 4.68. The molecule has 3 heterocycles. The van der Waals surface area contributed by atoms with Gasteiger partial charge in [0, 0.05) is 24.5 Å². The quantitative estimate of drug-likeness (QED) is 0.871. The fourth-order valence-corrected chi connectivity index (χ4v) is 3.74. The average molecular weight is 255 g/mol. The monoisotopic (exact) mass is 255 g/mol. The molecule has 0 radical (unpaired) electrons. The van der Waals surface area contributed by atoms with Crippen molar-refractivity contribution in [2.75, 3.05) is 18.1 Å². The molecule has 0 bridgehead atoms. The number of aromatic nitrogens is 4. The van der Waals surface area contributed by atoms with Crippen LogP contribution in [0, 0.1) is 0 Å². The van der Waals surface area contributed by atoms with Crippen LogP contribution in [0.25, 0.3) is 4.96 Å². The van der Waals surface area contributed by atoms with Crippen molar-refractivity contribution in [3.8, 4) is 0 Å². The molecular weight excluding hydrogens is 242 g/mol. The van der Waals surface area contributed by atoms with Gasteiger partial charge in [0.05, 0.1) is 6.04 Å². The van der Waals surface area contributed by atoms with E-state index in [4.69, 9.17) is 0 Å². The SMILES string of the molecule is CCc1nnc2sc(C3CSCCN3)nn12. The molecule has 0 aromatic carbocycles. The molecule has 7 heteroatoms. The maximum Gasteiger partial charge on any atom is 0.234 e. The van der Waals surface area contributed by atoms with Gasteiger partial charge in [-0.1, -0.05) is 18.3 Å². The number of aryl methyl sites for hydroxylation is 1. The fourth-order valence-electron chi connectivity index (χ4n) is 1.76. The Bertz CT molecular complexity index is 485. The molecule has 0 aliphatic carbocycles. The van der Waals surface area contributed by atoms with E-state index in [9.17, 15) is 0 Å². The Kier molecular flexibility index (Phi) is 2.82. The molecule has 0 amide bonds. The van der Waals surface area contributed by atoms with Crippen LogP contribution in [-0.4, -0.2) is 37.9 Å². The minimum absolute atomic E-state index is 0.384. The van der Waals surface area contributed by atoms with Crippen LogP contribution in [0.5, 0.6) is 0 Å². The van der Waals surface area contributed by atoms with Gasteiger partial charge in [-0.2, -0.15) is 21.4 Å². The highest BCUT2D eigenvalue weighted by atomic mass is 32.2. The minimum atomic E-state index is 0.384. The average Bonchev–Trinajstić information content (AvgIpc) is 2.89. The lowest BCUT2D eigenvalue weighted by Gasteiger charge is -2.20. The summed E-state index contributed by atoms with van der Waals surface area (Å²) in [5.41, 5.74) is 0. The molecule has 1 N–H and O–H groups in total. The van der Waals surface area contributed by atoms with E-state index < -0.39 is 0 Å². The summed E-state index contributed by atoms with van der Waals surface area (Å²) in [5.74, 6) is 3.24. The van der Waals surface area contributed by atoms with Crippen molar-refractivity contribution in [2.45, 2.75) is 19.4 Å². The topological polar surface area (TPSA) is 55.1 Å². The predicted molar refractivity (Wildman–Crippen MR) is 66.1 cm³/mol. The molecule has 2 aromatic heterocycles. The first-order chi connectivity index (χ1) is 7.88. The summed E-state index contributed by atoms with van der Waals surface area (Å²) in [4.78, 5) is 0.907. The second-order valence-electron chi connectivity index (χ2n) is 3.69. The molecular formula is C9H13N5S2. The van der Waals surface area contributed by atoms with Crippen LogP contribution in [0.1, 0.15) is 23.8 Å². The second-order valence-corrected chi connectivity index (χ2v) is 5.82. The van der Waals surface area contributed by atoms with Crippen molar-refractivity contribution in [3.05, 3.63) is 10.8 Å². The van der Waals surface area contributed by atoms with E-state index in [2.05, 4.69) is 27.5 Å². The van der Waals surface area contributed by atoms with Gasteiger partial charge in [-0.3, -0.25) is 0 Å². The van der Waals surface area contributed by atoms with Crippen LogP contribution in [0.4, 0.5) is 0 Å². The molecule has 5 nitrogen and oxygen atoms in total. The van der Waals surface area contributed by atoms with Gasteiger partial charge in [0.1, 0.15) is 5.01 Å². The van der Waals surface area contributed by atoms with Gasteiger partial charge in [-0.25, -0.2) is 0 Å². The molecule has 3 rings (SSSR count). The van der Waals surface area contributed by atoms with Crippen molar-refractivity contribution in [1.82, 2.24) is 25.1 Å². The summed E-state index contributed by atoms with van der Waals surface area (Å²) in [6.45, 7) is 3.14. The first kappa shape index (κ1) is 10.5. The van der Waals surface area contributed by atoms with Gasteiger partial charge >= 0.3 is 0 Å². The summed E-state index contributed by atoms with van der Waals surface area (Å²) in [6, 6.07) is 0.384. The molecule has 86 valence electrons. The first-order valence-corrected chi connectivity index (χ1v) is 7.37. The molecule has 0 saturated carbocycles. The van der Waals surface area contributed by atoms with Gasteiger partial charge in [0.2, 0.25) is 4.96 Å². The van der Waals surface area contributed by atoms with Gasteiger partial charge in [-0.05, 0) is 0 Å². The lowest BCUT2D eigenvalue weighted by Crippen LogP contribution is -2.30. The van der Waals surface area contributed by atoms with Crippen LogP contribution in [-0.2, 0) is 6.42 Å². The third-order valence-electron chi connectivity index (χ3n) is 2.61. The van der Waals surface area contributed by atoms with E-state index in [0.717, 1.165) is 34.5 Å². The van der Waals surface area contributed by atoms with Crippen LogP contribution < -0.4 is 5.32 Å². The third kappa shape index (κ3) is 1.72. The molecule has 1 unspecified atom stereocenters. The van der Waals surface area contributed by atoms with E-state index in [-0.39, 0.29) is 0 Å². The number of hydrogen-bond acceptors (Lipinski definition) is 6. The molecule has 1 fully saturated rings. The molecule has 2 aromatic rings. The molecule has 1 aliphatic rings. The zero-order valence-corrected chi connectivity index (χ0v) is 10.6. The normalized spacial score (nSPS) is 21.7. The molecule has 0 spiro atoms. The number of nitrogens with zero attached hydrogens (tertiary/aromatic N) is 4. The number of nitrogens with one attached hydrogen (secondary N) is 1. The minimum Gasteiger partial charge on any atom is -0.306 e. The predicted octanol–water partition coefficient (Wildman–Crippen LogP) is 1.13. The van der Waals surface area contributed by atoms with Gasteiger partial charge in [0.15, 0.2) is 5.82 Å². The van der Waals surface area contributed by atoms with Crippen molar-refractivity contribution in [2.24, 2.45) is 0 Å². The van der Waals surface area contributed by atoms with E-state index in [0.29, 0.717) is 6.04 Å². The van der Waals surface area contributed by atoms with Crippen LogP contribution in [0.2, 0.25) is 0 Å². The number of thioether (sulfide) groups is 1. The van der Waals surface area contributed by atoms with E-state index in [1.807, 2.05) is 16.3 Å². The highest BCUT2D eigenvalue weighted by molar-refractivity contribution is 7.99. The maximum absolute atomic E-state index is 4.60. The van der Waals surface area contributed by atoms with Crippen molar-refractivity contribution in [3.63, 3.8) is 0 Å². The Morgan fingerprint density at radius 3 is 3.19 bits per heavy atom. The van der Waals surface area contributed by atoms with Crippen molar-refractivity contribution >= 4 is 28.1 Å². The second kappa shape index (κ2) is 4.31. The van der Waals surface area contributed by atoms with E-state index in [1.165, 1.54) is 5.75 Å². The largest absolute Gasteiger partial charge is 0.306 e. The Morgan fingerprint density at radius 1 is 1.50 bits per heavy atom. The van der Waals surface area contributed by atoms with Crippen LogP contribution >= 0.6 is 23.1 Å². The number of rotatable bonds is 2. The zero-order valence-electron chi connectivity index (χ0n) is 9.01. The van der Waals surface area contributed by atoms with Gasteiger partial charge in [-0.15, -0.1) is 10.2 Å². The molecule has 1 atom stereocenters. The maximum atomic E-state index is 4.60. The summed E-state index contributed by atoms with van der Waals surface area (Å²) in [7, 11) is 0. The molecule has 1 saturated heterocycles. The van der Waals surface area contributed by atoms with E-state index in [1.54, 1.807) is 11.3 Å². The highest BCUT2D eigenvalue weighted by Gasteiger charge is 2.20. The summed E-state index contributed by atoms with van der Waals surface area (Å²) in [5, 5.41) is 17.5. The smallest absolute Gasteiger partial charge is 0.234 e. The van der Waals surface area contributed by atoms with Crippen molar-refractivity contribution < 1.29 is 0 Å². The standard InChI is InChI=1S/C9H13N5S2/c1-2-7-11-12-9-14(7)13-8(16-9)6-5-15-4-3-10-6/h6,10H,2-5H2,1H3. The Morgan fingerprint density at radius 2 is 2.44 bits per heavy atom. The van der Waals surface area contributed by atoms with Crippen LogP contribution in [0.3, 0.4) is 0 Å². The summed E-state index contributed by atoms with van der Waals surface area (Å²) >= 11 is 3.62. The number of hydrogen-bond donors (Lipinski definition) is 1. The Hall–Kier alpha value is -0.660. The summed E-state index contributed by atoms with van der Waals surface area (Å²) < 4.78 is 1.88. The summed E-state index contributed by atoms with van der Waals surface area (Å²) in [6.07, 6.45) is 0.872. The van der Waals surface area contributed by atoms with Gasteiger partial charge in [0.25, 0.3) is 0 Å². The lowest BCUT2D eigenvalue weighted by molar-refractivity contribution is 0.582. The van der Waals surface area contributed by atoms with Crippen molar-refractivity contribution in [1.29, 1.82) is 0 Å². The van der Waals surface area contributed by atoms with Crippen LogP contribution in [0.15, 0.2) is 0 Å². The zero-order chi connectivity index (χ0) is 11.0. The highest BCUT2D eigenvalue weighted by Crippen LogP contribution is 2.25. The van der Waals surface area contributed by atoms with E-state index >= 15 is 0 Å². The van der Waals surface area contributed by atoms with Gasteiger partial charge < -0.3 is 5.32 Å². The number of fused-ring (bicyclic) bond motifs is 1.